The Morgan fingerprint density at radius 2 is 2.00 bits per heavy atom. The third-order valence-electron chi connectivity index (χ3n) is 4.00. The molecule has 0 saturated heterocycles. The van der Waals surface area contributed by atoms with Crippen molar-refractivity contribution in [3.8, 4) is 0 Å². The normalized spacial score (nSPS) is 15.8. The highest BCUT2D eigenvalue weighted by Gasteiger charge is 2.14. The van der Waals surface area contributed by atoms with E-state index in [1.165, 1.54) is 38.5 Å². The minimum Gasteiger partial charge on any atom is -0.478 e. The van der Waals surface area contributed by atoms with Gasteiger partial charge in [-0.1, -0.05) is 43.9 Å². The predicted molar refractivity (Wildman–Crippen MR) is 76.3 cm³/mol. The first-order valence-electron chi connectivity index (χ1n) is 7.29. The molecule has 0 amide bonds. The summed E-state index contributed by atoms with van der Waals surface area (Å²) in [5.41, 5.74) is 1.28. The molecule has 1 aromatic rings. The highest BCUT2D eigenvalue weighted by Crippen LogP contribution is 2.28. The lowest BCUT2D eigenvalue weighted by Crippen LogP contribution is -2.17. The zero-order valence-electron chi connectivity index (χ0n) is 11.4. The van der Waals surface area contributed by atoms with E-state index in [1.807, 2.05) is 12.1 Å². The van der Waals surface area contributed by atoms with E-state index in [1.54, 1.807) is 12.1 Å². The standard InChI is InChI=1S/C16H23NO2/c18-16(19)15-10-4-3-9-14(15)12-17-11-5-8-13-6-1-2-7-13/h3-4,9-10,13,17H,1-2,5-8,11-12H2,(H,18,19). The van der Waals surface area contributed by atoms with Gasteiger partial charge in [-0.2, -0.15) is 0 Å². The van der Waals surface area contributed by atoms with E-state index in [0.29, 0.717) is 12.1 Å². The van der Waals surface area contributed by atoms with Crippen LogP contribution < -0.4 is 5.32 Å². The van der Waals surface area contributed by atoms with E-state index in [0.717, 1.165) is 18.0 Å². The van der Waals surface area contributed by atoms with E-state index in [4.69, 9.17) is 5.11 Å². The zero-order chi connectivity index (χ0) is 13.5. The van der Waals surface area contributed by atoms with Gasteiger partial charge in [0.05, 0.1) is 5.56 Å². The highest BCUT2D eigenvalue weighted by atomic mass is 16.4. The molecule has 0 unspecified atom stereocenters. The van der Waals surface area contributed by atoms with Crippen LogP contribution in [0.5, 0.6) is 0 Å². The maximum absolute atomic E-state index is 11.1. The summed E-state index contributed by atoms with van der Waals surface area (Å²) in [6.45, 7) is 1.62. The molecule has 2 N–H and O–H groups in total. The van der Waals surface area contributed by atoms with Gasteiger partial charge in [-0.25, -0.2) is 4.79 Å². The van der Waals surface area contributed by atoms with Crippen LogP contribution in [0.2, 0.25) is 0 Å². The molecule has 1 fully saturated rings. The van der Waals surface area contributed by atoms with Crippen molar-refractivity contribution in [2.45, 2.75) is 45.1 Å². The molecular weight excluding hydrogens is 238 g/mol. The number of nitrogens with one attached hydrogen (secondary N) is 1. The van der Waals surface area contributed by atoms with Crippen LogP contribution >= 0.6 is 0 Å². The lowest BCUT2D eigenvalue weighted by Gasteiger charge is -2.10. The molecule has 2 rings (SSSR count). The van der Waals surface area contributed by atoms with Crippen molar-refractivity contribution in [3.63, 3.8) is 0 Å². The van der Waals surface area contributed by atoms with E-state index >= 15 is 0 Å². The molecule has 0 bridgehead atoms. The van der Waals surface area contributed by atoms with Crippen LogP contribution in [0.25, 0.3) is 0 Å². The number of carbonyl (C=O) groups is 1. The number of carboxylic acid groups (broad SMARTS) is 1. The smallest absolute Gasteiger partial charge is 0.336 e. The van der Waals surface area contributed by atoms with Crippen LogP contribution in [-0.4, -0.2) is 17.6 Å². The molecule has 1 saturated carbocycles. The van der Waals surface area contributed by atoms with Crippen molar-refractivity contribution in [3.05, 3.63) is 35.4 Å². The minimum atomic E-state index is -0.844. The summed E-state index contributed by atoms with van der Waals surface area (Å²) in [5, 5.41) is 12.4. The topological polar surface area (TPSA) is 49.3 Å². The van der Waals surface area contributed by atoms with E-state index in [-0.39, 0.29) is 0 Å². The highest BCUT2D eigenvalue weighted by molar-refractivity contribution is 5.89. The van der Waals surface area contributed by atoms with Gasteiger partial charge in [-0.05, 0) is 36.9 Å². The Balaban J connectivity index is 1.69. The fourth-order valence-corrected chi connectivity index (χ4v) is 2.92. The SMILES string of the molecule is O=C(O)c1ccccc1CNCCCC1CCCC1. The molecule has 3 heteroatoms. The molecule has 0 aliphatic heterocycles. The van der Waals surface area contributed by atoms with Crippen LogP contribution in [0.15, 0.2) is 24.3 Å². The van der Waals surface area contributed by atoms with Crippen molar-refractivity contribution < 1.29 is 9.90 Å². The number of hydrogen-bond acceptors (Lipinski definition) is 2. The van der Waals surface area contributed by atoms with Gasteiger partial charge >= 0.3 is 5.97 Å². The van der Waals surface area contributed by atoms with Crippen molar-refractivity contribution in [1.82, 2.24) is 5.32 Å². The number of hydrogen-bond donors (Lipinski definition) is 2. The van der Waals surface area contributed by atoms with Gasteiger partial charge < -0.3 is 10.4 Å². The van der Waals surface area contributed by atoms with Gasteiger partial charge in [0.1, 0.15) is 0 Å². The maximum atomic E-state index is 11.1. The molecule has 19 heavy (non-hydrogen) atoms. The van der Waals surface area contributed by atoms with Crippen LogP contribution in [0.4, 0.5) is 0 Å². The fourth-order valence-electron chi connectivity index (χ4n) is 2.92. The number of benzene rings is 1. The summed E-state index contributed by atoms with van der Waals surface area (Å²) in [4.78, 5) is 11.1. The summed E-state index contributed by atoms with van der Waals surface area (Å²) < 4.78 is 0. The second kappa shape index (κ2) is 7.29. The molecule has 1 aliphatic rings. The maximum Gasteiger partial charge on any atom is 0.336 e. The quantitative estimate of drug-likeness (QED) is 0.739. The fraction of sp³-hybridized carbons (Fsp3) is 0.562. The van der Waals surface area contributed by atoms with Crippen LogP contribution in [0.3, 0.4) is 0 Å². The van der Waals surface area contributed by atoms with E-state index in [9.17, 15) is 4.79 Å². The molecule has 0 radical (unpaired) electrons. The van der Waals surface area contributed by atoms with Gasteiger partial charge in [0.25, 0.3) is 0 Å². The average molecular weight is 261 g/mol. The third kappa shape index (κ3) is 4.35. The summed E-state index contributed by atoms with van der Waals surface area (Å²) >= 11 is 0. The van der Waals surface area contributed by atoms with Crippen LogP contribution in [-0.2, 0) is 6.54 Å². The largest absolute Gasteiger partial charge is 0.478 e. The first-order valence-corrected chi connectivity index (χ1v) is 7.29. The van der Waals surface area contributed by atoms with Gasteiger partial charge in [-0.15, -0.1) is 0 Å². The van der Waals surface area contributed by atoms with E-state index < -0.39 is 5.97 Å². The minimum absolute atomic E-state index is 0.408. The van der Waals surface area contributed by atoms with Gasteiger partial charge in [0.2, 0.25) is 0 Å². The summed E-state index contributed by atoms with van der Waals surface area (Å²) in [5.74, 6) is 0.0939. The molecule has 0 spiro atoms. The Hall–Kier alpha value is -1.35. The second-order valence-corrected chi connectivity index (χ2v) is 5.43. The van der Waals surface area contributed by atoms with Crippen molar-refractivity contribution in [2.75, 3.05) is 6.54 Å². The second-order valence-electron chi connectivity index (χ2n) is 5.43. The Kier molecular flexibility index (Phi) is 5.40. The molecule has 0 atom stereocenters. The van der Waals surface area contributed by atoms with Gasteiger partial charge in [0.15, 0.2) is 0 Å². The van der Waals surface area contributed by atoms with Crippen molar-refractivity contribution >= 4 is 5.97 Å². The Bertz CT molecular complexity index is 411. The molecule has 3 nitrogen and oxygen atoms in total. The molecule has 1 aromatic carbocycles. The zero-order valence-corrected chi connectivity index (χ0v) is 11.4. The van der Waals surface area contributed by atoms with E-state index in [2.05, 4.69) is 5.32 Å². The number of aromatic carboxylic acids is 1. The average Bonchev–Trinajstić information content (AvgIpc) is 2.92. The van der Waals surface area contributed by atoms with Gasteiger partial charge in [-0.3, -0.25) is 0 Å². The summed E-state index contributed by atoms with van der Waals surface area (Å²) in [6.07, 6.45) is 8.13. The van der Waals surface area contributed by atoms with Crippen molar-refractivity contribution in [2.24, 2.45) is 5.92 Å². The number of rotatable bonds is 7. The lowest BCUT2D eigenvalue weighted by atomic mass is 10.0. The van der Waals surface area contributed by atoms with Crippen LogP contribution in [0, 0.1) is 5.92 Å². The first-order chi connectivity index (χ1) is 9.27. The van der Waals surface area contributed by atoms with Crippen molar-refractivity contribution in [1.29, 1.82) is 0 Å². The number of carboxylic acids is 1. The van der Waals surface area contributed by atoms with Gasteiger partial charge in [0, 0.05) is 6.54 Å². The summed E-state index contributed by atoms with van der Waals surface area (Å²) in [6, 6.07) is 7.21. The Morgan fingerprint density at radius 1 is 1.26 bits per heavy atom. The third-order valence-corrected chi connectivity index (χ3v) is 4.00. The molecule has 1 aliphatic carbocycles. The molecule has 0 heterocycles. The molecule has 0 aromatic heterocycles. The molecule has 104 valence electrons. The molecular formula is C16H23NO2. The Labute approximate surface area is 115 Å². The predicted octanol–water partition coefficient (Wildman–Crippen LogP) is 3.44. The lowest BCUT2D eigenvalue weighted by molar-refractivity contribution is 0.0695. The summed E-state index contributed by atoms with van der Waals surface area (Å²) in [7, 11) is 0. The van der Waals surface area contributed by atoms with Crippen LogP contribution in [0.1, 0.15) is 54.4 Å². The Morgan fingerprint density at radius 3 is 2.74 bits per heavy atom. The monoisotopic (exact) mass is 261 g/mol. The first kappa shape index (κ1) is 14.1.